The molecule has 5 heteroatoms. The Morgan fingerprint density at radius 3 is 2.33 bits per heavy atom. The second kappa shape index (κ2) is 5.71. The first kappa shape index (κ1) is 13.4. The lowest BCUT2D eigenvalue weighted by Gasteiger charge is -2.13. The molecule has 2 rings (SSSR count). The van der Waals surface area contributed by atoms with Gasteiger partial charge in [-0.05, 0) is 62.2 Å². The van der Waals surface area contributed by atoms with Crippen LogP contribution in [0.3, 0.4) is 0 Å². The van der Waals surface area contributed by atoms with Crippen LogP contribution in [0.5, 0.6) is 0 Å². The molecule has 0 aliphatic heterocycles. The molecule has 1 aromatic carbocycles. The van der Waals surface area contributed by atoms with Crippen molar-refractivity contribution < 1.29 is 0 Å². The third-order valence-electron chi connectivity index (χ3n) is 2.45. The molecule has 0 aliphatic rings. The van der Waals surface area contributed by atoms with Crippen LogP contribution >= 0.6 is 31.9 Å². The molecule has 1 heterocycles. The minimum atomic E-state index is 0.802. The quantitative estimate of drug-likeness (QED) is 0.866. The van der Waals surface area contributed by atoms with E-state index in [0.717, 1.165) is 20.5 Å². The van der Waals surface area contributed by atoms with Crippen LogP contribution in [0.15, 0.2) is 45.5 Å². The largest absolute Gasteiger partial charge is 0.378 e. The second-order valence-corrected chi connectivity index (χ2v) is 5.82. The van der Waals surface area contributed by atoms with E-state index in [1.165, 1.54) is 5.69 Å². The zero-order valence-electron chi connectivity index (χ0n) is 10.1. The van der Waals surface area contributed by atoms with Crippen molar-refractivity contribution in [1.82, 2.24) is 4.98 Å². The number of rotatable bonds is 3. The Kier molecular flexibility index (Phi) is 4.24. The number of anilines is 3. The molecule has 0 aliphatic carbocycles. The van der Waals surface area contributed by atoms with Gasteiger partial charge in [-0.25, -0.2) is 4.98 Å². The van der Waals surface area contributed by atoms with Crippen LogP contribution in [0.1, 0.15) is 0 Å². The number of aromatic nitrogens is 1. The number of hydrogen-bond donors (Lipinski definition) is 1. The van der Waals surface area contributed by atoms with E-state index in [9.17, 15) is 0 Å². The molecule has 0 unspecified atom stereocenters. The molecule has 1 N–H and O–H groups in total. The third-order valence-corrected chi connectivity index (χ3v) is 3.49. The van der Waals surface area contributed by atoms with Crippen molar-refractivity contribution in [2.45, 2.75) is 0 Å². The first-order chi connectivity index (χ1) is 8.56. The molecule has 2 aromatic rings. The summed E-state index contributed by atoms with van der Waals surface area (Å²) in [5.74, 6) is 0.802. The lowest BCUT2D eigenvalue weighted by Crippen LogP contribution is -2.08. The first-order valence-corrected chi connectivity index (χ1v) is 7.00. The first-order valence-electron chi connectivity index (χ1n) is 5.42. The Morgan fingerprint density at radius 2 is 1.78 bits per heavy atom. The lowest BCUT2D eigenvalue weighted by molar-refractivity contribution is 1.13. The van der Waals surface area contributed by atoms with E-state index in [4.69, 9.17) is 0 Å². The van der Waals surface area contributed by atoms with Gasteiger partial charge in [0.05, 0.1) is 4.47 Å². The van der Waals surface area contributed by atoms with Crippen molar-refractivity contribution in [3.8, 4) is 0 Å². The summed E-state index contributed by atoms with van der Waals surface area (Å²) in [5, 5.41) is 3.27. The molecule has 1 aromatic heterocycles. The molecular weight excluding hydrogens is 358 g/mol. The summed E-state index contributed by atoms with van der Waals surface area (Å²) in [6.45, 7) is 0. The van der Waals surface area contributed by atoms with E-state index in [0.29, 0.717) is 0 Å². The van der Waals surface area contributed by atoms with Crippen molar-refractivity contribution in [3.05, 3.63) is 45.5 Å². The smallest absolute Gasteiger partial charge is 0.144 e. The Labute approximate surface area is 123 Å². The van der Waals surface area contributed by atoms with Gasteiger partial charge in [0.2, 0.25) is 0 Å². The number of hydrogen-bond acceptors (Lipinski definition) is 3. The highest BCUT2D eigenvalue weighted by atomic mass is 79.9. The Morgan fingerprint density at radius 1 is 1.11 bits per heavy atom. The van der Waals surface area contributed by atoms with Gasteiger partial charge in [-0.1, -0.05) is 0 Å². The van der Waals surface area contributed by atoms with Crippen molar-refractivity contribution in [2.75, 3.05) is 24.3 Å². The van der Waals surface area contributed by atoms with E-state index in [2.05, 4.69) is 59.2 Å². The van der Waals surface area contributed by atoms with Crippen LogP contribution in [0.2, 0.25) is 0 Å². The predicted molar refractivity (Wildman–Crippen MR) is 83.7 cm³/mol. The molecule has 18 heavy (non-hydrogen) atoms. The fourth-order valence-corrected chi connectivity index (χ4v) is 2.57. The van der Waals surface area contributed by atoms with Crippen LogP contribution in [0.25, 0.3) is 0 Å². The molecule has 0 bridgehead atoms. The van der Waals surface area contributed by atoms with Gasteiger partial charge in [-0.15, -0.1) is 0 Å². The molecule has 0 fully saturated rings. The maximum Gasteiger partial charge on any atom is 0.144 e. The SMILES string of the molecule is CN(C)c1ccc(Nc2ncc(Br)cc2Br)cc1. The minimum absolute atomic E-state index is 0.802. The zero-order valence-corrected chi connectivity index (χ0v) is 13.3. The summed E-state index contributed by atoms with van der Waals surface area (Å²) in [6.07, 6.45) is 1.77. The number of nitrogens with one attached hydrogen (secondary N) is 1. The van der Waals surface area contributed by atoms with Crippen LogP contribution in [-0.2, 0) is 0 Å². The normalized spacial score (nSPS) is 10.2. The van der Waals surface area contributed by atoms with Gasteiger partial charge in [-0.2, -0.15) is 0 Å². The zero-order chi connectivity index (χ0) is 13.1. The second-order valence-electron chi connectivity index (χ2n) is 4.05. The van der Waals surface area contributed by atoms with Crippen molar-refractivity contribution in [1.29, 1.82) is 0 Å². The van der Waals surface area contributed by atoms with Gasteiger partial charge in [0, 0.05) is 36.1 Å². The fourth-order valence-electron chi connectivity index (χ4n) is 1.49. The fraction of sp³-hybridized carbons (Fsp3) is 0.154. The maximum atomic E-state index is 4.32. The number of benzene rings is 1. The summed E-state index contributed by atoms with van der Waals surface area (Å²) in [4.78, 5) is 6.38. The molecule has 0 spiro atoms. The molecule has 0 saturated carbocycles. The molecule has 0 saturated heterocycles. The van der Waals surface area contributed by atoms with Gasteiger partial charge < -0.3 is 10.2 Å². The van der Waals surface area contributed by atoms with E-state index >= 15 is 0 Å². The highest BCUT2D eigenvalue weighted by molar-refractivity contribution is 9.11. The van der Waals surface area contributed by atoms with E-state index in [1.54, 1.807) is 6.20 Å². The van der Waals surface area contributed by atoms with E-state index in [-0.39, 0.29) is 0 Å². The van der Waals surface area contributed by atoms with E-state index < -0.39 is 0 Å². The summed E-state index contributed by atoms with van der Waals surface area (Å²) >= 11 is 6.86. The highest BCUT2D eigenvalue weighted by Crippen LogP contribution is 2.27. The van der Waals surface area contributed by atoms with Crippen LogP contribution in [0.4, 0.5) is 17.2 Å². The third kappa shape index (κ3) is 3.23. The van der Waals surface area contributed by atoms with Crippen LogP contribution < -0.4 is 10.2 Å². The van der Waals surface area contributed by atoms with Crippen molar-refractivity contribution in [3.63, 3.8) is 0 Å². The molecule has 0 atom stereocenters. The van der Waals surface area contributed by atoms with Gasteiger partial charge in [0.1, 0.15) is 5.82 Å². The molecule has 3 nitrogen and oxygen atoms in total. The molecule has 0 amide bonds. The van der Waals surface area contributed by atoms with Crippen LogP contribution in [0, 0.1) is 0 Å². The molecular formula is C13H13Br2N3. The van der Waals surface area contributed by atoms with Gasteiger partial charge in [-0.3, -0.25) is 0 Å². The Hall–Kier alpha value is -1.07. The standard InChI is InChI=1S/C13H13Br2N3/c1-18(2)11-5-3-10(4-6-11)17-13-12(15)7-9(14)8-16-13/h3-8H,1-2H3,(H,16,17). The Bertz CT molecular complexity index is 538. The number of halogens is 2. The molecule has 94 valence electrons. The average Bonchev–Trinajstić information content (AvgIpc) is 2.33. The maximum absolute atomic E-state index is 4.32. The van der Waals surface area contributed by atoms with E-state index in [1.807, 2.05) is 32.3 Å². The predicted octanol–water partition coefficient (Wildman–Crippen LogP) is 4.42. The van der Waals surface area contributed by atoms with Gasteiger partial charge >= 0.3 is 0 Å². The summed E-state index contributed by atoms with van der Waals surface area (Å²) in [6, 6.07) is 10.2. The van der Waals surface area contributed by atoms with Crippen molar-refractivity contribution in [2.24, 2.45) is 0 Å². The lowest BCUT2D eigenvalue weighted by atomic mass is 10.2. The monoisotopic (exact) mass is 369 g/mol. The summed E-state index contributed by atoms with van der Waals surface area (Å²) in [5.41, 5.74) is 2.18. The van der Waals surface area contributed by atoms with Gasteiger partial charge in [0.15, 0.2) is 0 Å². The Balaban J connectivity index is 2.18. The summed E-state index contributed by atoms with van der Waals surface area (Å²) < 4.78 is 1.87. The topological polar surface area (TPSA) is 28.2 Å². The number of nitrogens with zero attached hydrogens (tertiary/aromatic N) is 2. The van der Waals surface area contributed by atoms with Crippen LogP contribution in [-0.4, -0.2) is 19.1 Å². The molecule has 0 radical (unpaired) electrons. The minimum Gasteiger partial charge on any atom is -0.378 e. The average molecular weight is 371 g/mol. The number of pyridine rings is 1. The van der Waals surface area contributed by atoms with Gasteiger partial charge in [0.25, 0.3) is 0 Å². The summed E-state index contributed by atoms with van der Waals surface area (Å²) in [7, 11) is 4.05. The highest BCUT2D eigenvalue weighted by Gasteiger charge is 2.03. The van der Waals surface area contributed by atoms with Crippen molar-refractivity contribution >= 4 is 49.1 Å².